The first kappa shape index (κ1) is 21.6. The molecule has 11 nitrogen and oxygen atoms in total. The standard InChI is InChI=1S/C23H24N8O3/c1-28-9-11-29(12-10-28)20-14-22(34-2)18(13-21(20)31(32)33)27-23-24-7-6-17(26-23)16-15-25-30-8-4-3-5-19(16)30/h3-8,13-15H,9-12H2,1-2H3,(H,24,26,27). The van der Waals surface area contributed by atoms with Crippen molar-refractivity contribution in [2.75, 3.05) is 50.6 Å². The Hall–Kier alpha value is -4.25. The number of hydrogen-bond donors (Lipinski definition) is 1. The van der Waals surface area contributed by atoms with Crippen molar-refractivity contribution in [3.63, 3.8) is 0 Å². The van der Waals surface area contributed by atoms with Crippen LogP contribution in [0.3, 0.4) is 0 Å². The molecular formula is C23H24N8O3. The van der Waals surface area contributed by atoms with Crippen LogP contribution in [0, 0.1) is 10.1 Å². The molecule has 174 valence electrons. The van der Waals surface area contributed by atoms with Gasteiger partial charge >= 0.3 is 0 Å². The van der Waals surface area contributed by atoms with E-state index < -0.39 is 0 Å². The summed E-state index contributed by atoms with van der Waals surface area (Å²) >= 11 is 0. The number of aromatic nitrogens is 4. The summed E-state index contributed by atoms with van der Waals surface area (Å²) in [6.07, 6.45) is 5.25. The van der Waals surface area contributed by atoms with Gasteiger partial charge in [-0.3, -0.25) is 10.1 Å². The average molecular weight is 460 g/mol. The van der Waals surface area contributed by atoms with E-state index in [0.29, 0.717) is 41.9 Å². The van der Waals surface area contributed by atoms with Gasteiger partial charge in [0.2, 0.25) is 5.95 Å². The quantitative estimate of drug-likeness (QED) is 0.342. The first-order valence-electron chi connectivity index (χ1n) is 10.9. The highest BCUT2D eigenvalue weighted by Crippen LogP contribution is 2.39. The second kappa shape index (κ2) is 8.94. The third-order valence-electron chi connectivity index (χ3n) is 5.94. The maximum absolute atomic E-state index is 11.9. The Balaban J connectivity index is 1.49. The molecule has 4 aromatic rings. The molecule has 1 aromatic carbocycles. The molecule has 3 aromatic heterocycles. The van der Waals surface area contributed by atoms with Crippen LogP contribution in [-0.2, 0) is 0 Å². The molecule has 0 amide bonds. The Morgan fingerprint density at radius 1 is 1.15 bits per heavy atom. The van der Waals surface area contributed by atoms with E-state index >= 15 is 0 Å². The Morgan fingerprint density at radius 3 is 2.74 bits per heavy atom. The largest absolute Gasteiger partial charge is 0.494 e. The van der Waals surface area contributed by atoms with E-state index in [4.69, 9.17) is 4.74 Å². The number of rotatable bonds is 6. The molecule has 0 spiro atoms. The van der Waals surface area contributed by atoms with Gasteiger partial charge in [0.05, 0.1) is 35.1 Å². The summed E-state index contributed by atoms with van der Waals surface area (Å²) in [6.45, 7) is 3.09. The lowest BCUT2D eigenvalue weighted by atomic mass is 10.1. The maximum Gasteiger partial charge on any atom is 0.294 e. The summed E-state index contributed by atoms with van der Waals surface area (Å²) in [5.41, 5.74) is 3.42. The number of fused-ring (bicyclic) bond motifs is 1. The second-order valence-electron chi connectivity index (χ2n) is 8.07. The molecule has 0 radical (unpaired) electrons. The van der Waals surface area contributed by atoms with Gasteiger partial charge in [0.15, 0.2) is 0 Å². The fraction of sp³-hybridized carbons (Fsp3) is 0.261. The third-order valence-corrected chi connectivity index (χ3v) is 5.94. The minimum absolute atomic E-state index is 0.00614. The minimum atomic E-state index is -0.367. The molecule has 1 fully saturated rings. The fourth-order valence-electron chi connectivity index (χ4n) is 4.09. The van der Waals surface area contributed by atoms with E-state index in [1.165, 1.54) is 13.2 Å². The molecule has 11 heteroatoms. The van der Waals surface area contributed by atoms with Gasteiger partial charge in [0.1, 0.15) is 11.4 Å². The van der Waals surface area contributed by atoms with Gasteiger partial charge in [-0.1, -0.05) is 6.07 Å². The summed E-state index contributed by atoms with van der Waals surface area (Å²) in [5, 5.41) is 19.4. The van der Waals surface area contributed by atoms with Gasteiger partial charge < -0.3 is 19.9 Å². The van der Waals surface area contributed by atoms with Crippen LogP contribution in [-0.4, -0.2) is 69.7 Å². The molecule has 1 N–H and O–H groups in total. The van der Waals surface area contributed by atoms with Gasteiger partial charge in [-0.25, -0.2) is 14.5 Å². The summed E-state index contributed by atoms with van der Waals surface area (Å²) in [7, 11) is 3.58. The second-order valence-corrected chi connectivity index (χ2v) is 8.07. The van der Waals surface area contributed by atoms with Crippen molar-refractivity contribution in [2.45, 2.75) is 0 Å². The van der Waals surface area contributed by atoms with Crippen LogP contribution in [0.15, 0.2) is 55.0 Å². The van der Waals surface area contributed by atoms with E-state index in [0.717, 1.165) is 24.2 Å². The number of nitro groups is 1. The molecular weight excluding hydrogens is 436 g/mol. The highest BCUT2D eigenvalue weighted by molar-refractivity contribution is 5.79. The van der Waals surface area contributed by atoms with Gasteiger partial charge in [-0.2, -0.15) is 5.10 Å². The highest BCUT2D eigenvalue weighted by atomic mass is 16.6. The van der Waals surface area contributed by atoms with Crippen molar-refractivity contribution in [1.82, 2.24) is 24.5 Å². The highest BCUT2D eigenvalue weighted by Gasteiger charge is 2.26. The molecule has 1 aliphatic rings. The average Bonchev–Trinajstić information content (AvgIpc) is 3.29. The molecule has 1 saturated heterocycles. The summed E-state index contributed by atoms with van der Waals surface area (Å²) < 4.78 is 7.35. The Labute approximate surface area is 195 Å². The predicted molar refractivity (Wildman–Crippen MR) is 129 cm³/mol. The zero-order valence-electron chi connectivity index (χ0n) is 18.9. The fourth-order valence-corrected chi connectivity index (χ4v) is 4.09. The lowest BCUT2D eigenvalue weighted by molar-refractivity contribution is -0.384. The van der Waals surface area contributed by atoms with E-state index in [-0.39, 0.29) is 10.6 Å². The normalized spacial score (nSPS) is 14.4. The van der Waals surface area contributed by atoms with Gasteiger partial charge in [-0.15, -0.1) is 0 Å². The predicted octanol–water partition coefficient (Wildman–Crippen LogP) is 3.20. The Kier molecular flexibility index (Phi) is 5.68. The van der Waals surface area contributed by atoms with Crippen molar-refractivity contribution in [3.05, 3.63) is 65.1 Å². The van der Waals surface area contributed by atoms with Crippen molar-refractivity contribution >= 4 is 28.5 Å². The number of likely N-dealkylation sites (N-methyl/N-ethyl adjacent to an activating group) is 1. The van der Waals surface area contributed by atoms with Crippen LogP contribution < -0.4 is 15.0 Å². The Morgan fingerprint density at radius 2 is 1.97 bits per heavy atom. The summed E-state index contributed by atoms with van der Waals surface area (Å²) in [5.74, 6) is 0.775. The molecule has 0 bridgehead atoms. The van der Waals surface area contributed by atoms with E-state index in [2.05, 4.69) is 25.3 Å². The molecule has 4 heterocycles. The lowest BCUT2D eigenvalue weighted by Gasteiger charge is -2.34. The van der Waals surface area contributed by atoms with E-state index in [9.17, 15) is 10.1 Å². The summed E-state index contributed by atoms with van der Waals surface area (Å²) in [6, 6.07) is 10.8. The first-order valence-corrected chi connectivity index (χ1v) is 10.9. The third kappa shape index (κ3) is 4.08. The van der Waals surface area contributed by atoms with Crippen molar-refractivity contribution in [2.24, 2.45) is 0 Å². The molecule has 34 heavy (non-hydrogen) atoms. The zero-order valence-corrected chi connectivity index (χ0v) is 18.9. The zero-order chi connectivity index (χ0) is 23.7. The molecule has 5 rings (SSSR count). The number of nitrogens with one attached hydrogen (secondary N) is 1. The van der Waals surface area contributed by atoms with Crippen LogP contribution in [0.1, 0.15) is 0 Å². The van der Waals surface area contributed by atoms with Crippen LogP contribution in [0.2, 0.25) is 0 Å². The number of hydrogen-bond acceptors (Lipinski definition) is 9. The maximum atomic E-state index is 11.9. The topological polar surface area (TPSA) is 114 Å². The number of benzene rings is 1. The van der Waals surface area contributed by atoms with Crippen molar-refractivity contribution in [1.29, 1.82) is 0 Å². The van der Waals surface area contributed by atoms with Gasteiger partial charge in [-0.05, 0) is 25.2 Å². The van der Waals surface area contributed by atoms with Gasteiger partial charge in [0.25, 0.3) is 5.69 Å². The molecule has 0 atom stereocenters. The summed E-state index contributed by atoms with van der Waals surface area (Å²) in [4.78, 5) is 24.7. The SMILES string of the molecule is COc1cc(N2CCN(C)CC2)c([N+](=O)[O-])cc1Nc1nccc(-c2cnn3ccccc23)n1. The van der Waals surface area contributed by atoms with Crippen LogP contribution in [0.4, 0.5) is 23.0 Å². The first-order chi connectivity index (χ1) is 16.5. The van der Waals surface area contributed by atoms with Gasteiger partial charge in [0, 0.05) is 56.3 Å². The van der Waals surface area contributed by atoms with Crippen molar-refractivity contribution < 1.29 is 9.66 Å². The van der Waals surface area contributed by atoms with Crippen LogP contribution >= 0.6 is 0 Å². The number of pyridine rings is 1. The smallest absolute Gasteiger partial charge is 0.294 e. The minimum Gasteiger partial charge on any atom is -0.494 e. The number of methoxy groups -OCH3 is 1. The van der Waals surface area contributed by atoms with Crippen LogP contribution in [0.5, 0.6) is 5.75 Å². The number of anilines is 3. The number of ether oxygens (including phenoxy) is 1. The number of nitro benzene ring substituents is 1. The molecule has 1 aliphatic heterocycles. The molecule has 0 aliphatic carbocycles. The monoisotopic (exact) mass is 460 g/mol. The molecule has 0 unspecified atom stereocenters. The Bertz CT molecular complexity index is 1350. The van der Waals surface area contributed by atoms with E-state index in [1.807, 2.05) is 36.3 Å². The number of piperazine rings is 1. The molecule has 0 saturated carbocycles. The number of nitrogens with zero attached hydrogens (tertiary/aromatic N) is 7. The van der Waals surface area contributed by atoms with E-state index in [1.54, 1.807) is 29.0 Å². The van der Waals surface area contributed by atoms with Crippen molar-refractivity contribution in [3.8, 4) is 17.0 Å². The lowest BCUT2D eigenvalue weighted by Crippen LogP contribution is -2.44. The van der Waals surface area contributed by atoms with Crippen LogP contribution in [0.25, 0.3) is 16.8 Å².